The molecular weight excluding hydrogens is 176 g/mol. The molecule has 3 nitrogen and oxygen atoms in total. The first-order valence-electron chi connectivity index (χ1n) is 4.36. The number of hydrogen-bond acceptors (Lipinski definition) is 2. The maximum absolute atomic E-state index is 11.7. The summed E-state index contributed by atoms with van der Waals surface area (Å²) >= 11 is 0. The minimum Gasteiger partial charge on any atom is -0.881 e. The molecule has 0 aliphatic carbocycles. The van der Waals surface area contributed by atoms with Crippen LogP contribution in [0, 0.1) is 12.5 Å². The number of aromatic nitrogens is 1. The van der Waals surface area contributed by atoms with Crippen molar-refractivity contribution in [3.8, 4) is 0 Å². The van der Waals surface area contributed by atoms with Crippen LogP contribution in [0.3, 0.4) is 0 Å². The molecule has 14 heavy (non-hydrogen) atoms. The summed E-state index contributed by atoms with van der Waals surface area (Å²) in [5.41, 5.74) is 0.741. The molecule has 3 heteroatoms. The molecule has 0 fully saturated rings. The Kier molecular flexibility index (Phi) is 3.24. The third-order valence-electron chi connectivity index (χ3n) is 1.82. The summed E-state index contributed by atoms with van der Waals surface area (Å²) in [4.78, 5) is 7.10. The van der Waals surface area contributed by atoms with Crippen molar-refractivity contribution in [3.63, 3.8) is 0 Å². The Morgan fingerprint density at radius 2 is 2.29 bits per heavy atom. The van der Waals surface area contributed by atoms with Crippen LogP contribution in [0.25, 0.3) is 10.6 Å². The van der Waals surface area contributed by atoms with Gasteiger partial charge in [0.1, 0.15) is 0 Å². The fourth-order valence-corrected chi connectivity index (χ4v) is 1.09. The molecule has 0 spiro atoms. The maximum atomic E-state index is 11.7. The fourth-order valence-electron chi connectivity index (χ4n) is 1.09. The average Bonchev–Trinajstić information content (AvgIpc) is 2.19. The van der Waals surface area contributed by atoms with E-state index in [0.717, 1.165) is 0 Å². The van der Waals surface area contributed by atoms with Crippen LogP contribution in [-0.4, -0.2) is 4.98 Å². The van der Waals surface area contributed by atoms with Crippen molar-refractivity contribution in [2.75, 3.05) is 0 Å². The summed E-state index contributed by atoms with van der Waals surface area (Å²) in [5, 5.41) is 11.7. The molecule has 72 valence electrons. The van der Waals surface area contributed by atoms with Crippen LogP contribution in [0.2, 0.25) is 0 Å². The Morgan fingerprint density at radius 1 is 1.57 bits per heavy atom. The van der Waals surface area contributed by atoms with Gasteiger partial charge < -0.3 is 5.11 Å². The van der Waals surface area contributed by atoms with Gasteiger partial charge in [-0.15, -0.1) is 5.76 Å². The lowest BCUT2D eigenvalue weighted by atomic mass is 10.1. The molecule has 0 saturated heterocycles. The van der Waals surface area contributed by atoms with Gasteiger partial charge in [-0.3, -0.25) is 4.98 Å². The quantitative estimate of drug-likeness (QED) is 0.522. The van der Waals surface area contributed by atoms with Gasteiger partial charge in [0.2, 0.25) is 0 Å². The Morgan fingerprint density at radius 3 is 2.71 bits per heavy atom. The highest BCUT2D eigenvalue weighted by Gasteiger charge is 2.05. The van der Waals surface area contributed by atoms with Crippen molar-refractivity contribution in [2.45, 2.75) is 13.8 Å². The zero-order valence-corrected chi connectivity index (χ0v) is 8.19. The van der Waals surface area contributed by atoms with E-state index in [9.17, 15) is 5.11 Å². The summed E-state index contributed by atoms with van der Waals surface area (Å²) in [6.45, 7) is 10.6. The summed E-state index contributed by atoms with van der Waals surface area (Å²) in [6.07, 6.45) is 3.08. The van der Waals surface area contributed by atoms with Crippen LogP contribution in [-0.2, 0) is 0 Å². The predicted molar refractivity (Wildman–Crippen MR) is 52.6 cm³/mol. The van der Waals surface area contributed by atoms with Crippen molar-refractivity contribution in [3.05, 3.63) is 47.2 Å². The van der Waals surface area contributed by atoms with E-state index in [0.29, 0.717) is 5.56 Å². The molecule has 0 unspecified atom stereocenters. The smallest absolute Gasteiger partial charge is 0.160 e. The lowest BCUT2D eigenvalue weighted by Crippen LogP contribution is -2.08. The Balaban J connectivity index is 3.17. The molecule has 1 rings (SSSR count). The lowest BCUT2D eigenvalue weighted by molar-refractivity contribution is -0.245. The van der Waals surface area contributed by atoms with Crippen LogP contribution in [0.15, 0.2) is 30.2 Å². The molecule has 0 aliphatic heterocycles. The van der Waals surface area contributed by atoms with Crippen LogP contribution in [0.5, 0.6) is 0 Å². The molecule has 0 aliphatic rings. The van der Waals surface area contributed by atoms with E-state index in [1.807, 2.05) is 13.8 Å². The van der Waals surface area contributed by atoms with Gasteiger partial charge in [0.15, 0.2) is 5.70 Å². The van der Waals surface area contributed by atoms with Crippen molar-refractivity contribution in [2.24, 2.45) is 5.92 Å². The number of rotatable bonds is 2. The van der Waals surface area contributed by atoms with Crippen molar-refractivity contribution in [1.29, 1.82) is 0 Å². The second-order valence-electron chi connectivity index (χ2n) is 3.22. The second kappa shape index (κ2) is 4.43. The highest BCUT2D eigenvalue weighted by atomic mass is 16.3. The summed E-state index contributed by atoms with van der Waals surface area (Å²) in [6, 6.07) is 3.36. The van der Waals surface area contributed by atoms with E-state index in [1.54, 1.807) is 18.3 Å². The fraction of sp³-hybridized carbons (Fsp3) is 0.273. The zero-order chi connectivity index (χ0) is 10.6. The van der Waals surface area contributed by atoms with Crippen LogP contribution >= 0.6 is 0 Å². The van der Waals surface area contributed by atoms with E-state index < -0.39 is 0 Å². The first-order chi connectivity index (χ1) is 6.66. The van der Waals surface area contributed by atoms with Crippen LogP contribution in [0.4, 0.5) is 0 Å². The molecule has 0 amide bonds. The SMILES string of the molecule is [C-]#[N+]/C(=C(\[O-])c1cccnc1)C(C)C. The summed E-state index contributed by atoms with van der Waals surface area (Å²) < 4.78 is 0. The molecule has 0 saturated carbocycles. The second-order valence-corrected chi connectivity index (χ2v) is 3.22. The van der Waals surface area contributed by atoms with E-state index in [4.69, 9.17) is 6.57 Å². The number of hydrogen-bond donors (Lipinski definition) is 0. The molecule has 0 radical (unpaired) electrons. The topological polar surface area (TPSA) is 40.3 Å². The van der Waals surface area contributed by atoms with Gasteiger partial charge >= 0.3 is 0 Å². The first kappa shape index (κ1) is 10.3. The van der Waals surface area contributed by atoms with Gasteiger partial charge in [-0.05, 0) is 17.5 Å². The standard InChI is InChI=1S/C11H12N2O/c1-8(2)10(12-3)11(14)9-5-4-6-13-7-9/h4-8,14H,1-2H3/p-1/b11-10-. The van der Waals surface area contributed by atoms with E-state index in [-0.39, 0.29) is 17.4 Å². The van der Waals surface area contributed by atoms with Gasteiger partial charge in [0.05, 0.1) is 6.57 Å². The molecule has 1 aromatic heterocycles. The Bertz CT molecular complexity index is 374. The first-order valence-corrected chi connectivity index (χ1v) is 4.36. The normalized spacial score (nSPS) is 12.1. The van der Waals surface area contributed by atoms with Crippen molar-refractivity contribution >= 4 is 5.76 Å². The van der Waals surface area contributed by atoms with E-state index >= 15 is 0 Å². The van der Waals surface area contributed by atoms with E-state index in [1.165, 1.54) is 6.20 Å². The molecule has 0 N–H and O–H groups in total. The Hall–Kier alpha value is -1.82. The molecule has 0 aromatic carbocycles. The van der Waals surface area contributed by atoms with Crippen molar-refractivity contribution < 1.29 is 5.11 Å². The minimum atomic E-state index is -0.219. The number of pyridine rings is 1. The predicted octanol–water partition coefficient (Wildman–Crippen LogP) is 1.69. The largest absolute Gasteiger partial charge is 0.881 e. The third-order valence-corrected chi connectivity index (χ3v) is 1.82. The zero-order valence-electron chi connectivity index (χ0n) is 8.19. The summed E-state index contributed by atoms with van der Waals surface area (Å²) in [7, 11) is 0. The van der Waals surface area contributed by atoms with Gasteiger partial charge in [-0.25, -0.2) is 4.85 Å². The molecule has 1 aromatic rings. The monoisotopic (exact) mass is 187 g/mol. The van der Waals surface area contributed by atoms with E-state index in [2.05, 4.69) is 9.83 Å². The number of nitrogens with zero attached hydrogens (tertiary/aromatic N) is 2. The average molecular weight is 187 g/mol. The highest BCUT2D eigenvalue weighted by molar-refractivity contribution is 5.61. The van der Waals surface area contributed by atoms with Gasteiger partial charge in [0.25, 0.3) is 0 Å². The van der Waals surface area contributed by atoms with Crippen LogP contribution < -0.4 is 5.11 Å². The Labute approximate surface area is 83.5 Å². The van der Waals surface area contributed by atoms with Crippen molar-refractivity contribution in [1.82, 2.24) is 4.98 Å². The van der Waals surface area contributed by atoms with Crippen LogP contribution in [0.1, 0.15) is 19.4 Å². The number of allylic oxidation sites excluding steroid dienone is 1. The minimum absolute atomic E-state index is 0.0415. The van der Waals surface area contributed by atoms with Gasteiger partial charge in [0, 0.05) is 12.4 Å². The summed E-state index contributed by atoms with van der Waals surface area (Å²) in [5.74, 6) is -0.261. The molecular formula is C11H11N2O-. The molecule has 0 atom stereocenters. The maximum Gasteiger partial charge on any atom is 0.160 e. The van der Waals surface area contributed by atoms with Gasteiger partial charge in [-0.1, -0.05) is 19.9 Å². The highest BCUT2D eigenvalue weighted by Crippen LogP contribution is 2.19. The molecule has 1 heterocycles. The lowest BCUT2D eigenvalue weighted by Gasteiger charge is -2.16. The van der Waals surface area contributed by atoms with Gasteiger partial charge in [-0.2, -0.15) is 0 Å². The third kappa shape index (κ3) is 2.11. The molecule has 0 bridgehead atoms.